The number of hydrogen-bond acceptors (Lipinski definition) is 5. The van der Waals surface area contributed by atoms with Crippen LogP contribution in [0.5, 0.6) is 11.5 Å². The summed E-state index contributed by atoms with van der Waals surface area (Å²) in [5.41, 5.74) is 1.29. The van der Waals surface area contributed by atoms with E-state index in [1.807, 2.05) is 25.1 Å². The summed E-state index contributed by atoms with van der Waals surface area (Å²) in [5.74, 6) is 0.527. The molecule has 0 heterocycles. The van der Waals surface area contributed by atoms with Crippen molar-refractivity contribution in [1.29, 1.82) is 0 Å². The summed E-state index contributed by atoms with van der Waals surface area (Å²) in [6.07, 6.45) is 0. The zero-order valence-corrected chi connectivity index (χ0v) is 17.4. The van der Waals surface area contributed by atoms with Crippen molar-refractivity contribution in [2.24, 2.45) is 0 Å². The van der Waals surface area contributed by atoms with Gasteiger partial charge in [0, 0.05) is 13.1 Å². The van der Waals surface area contributed by atoms with Gasteiger partial charge in [-0.1, -0.05) is 26.0 Å². The normalized spacial score (nSPS) is 11.3. The maximum atomic E-state index is 12.7. The SMILES string of the molecule is CCN(CC)S(=O)(=O)c1ccc(OC)c(NC(=O)COc2cccc(C)c2)c1. The topological polar surface area (TPSA) is 84.9 Å². The van der Waals surface area contributed by atoms with E-state index in [2.05, 4.69) is 5.32 Å². The van der Waals surface area contributed by atoms with Gasteiger partial charge in [0.15, 0.2) is 6.61 Å². The van der Waals surface area contributed by atoms with Gasteiger partial charge in [-0.25, -0.2) is 8.42 Å². The molecule has 2 rings (SSSR count). The van der Waals surface area contributed by atoms with Crippen LogP contribution in [0.25, 0.3) is 0 Å². The largest absolute Gasteiger partial charge is 0.495 e. The molecule has 7 nitrogen and oxygen atoms in total. The highest BCUT2D eigenvalue weighted by Crippen LogP contribution is 2.29. The Morgan fingerprint density at radius 3 is 2.43 bits per heavy atom. The number of nitrogens with one attached hydrogen (secondary N) is 1. The second kappa shape index (κ2) is 9.57. The van der Waals surface area contributed by atoms with Crippen LogP contribution in [0, 0.1) is 6.92 Å². The molecule has 2 aromatic carbocycles. The van der Waals surface area contributed by atoms with Crippen LogP contribution in [0.4, 0.5) is 5.69 Å². The summed E-state index contributed by atoms with van der Waals surface area (Å²) in [4.78, 5) is 12.4. The first-order chi connectivity index (χ1) is 13.3. The van der Waals surface area contributed by atoms with Crippen molar-refractivity contribution in [3.63, 3.8) is 0 Å². The number of methoxy groups -OCH3 is 1. The first kappa shape index (κ1) is 21.7. The van der Waals surface area contributed by atoms with Crippen LogP contribution < -0.4 is 14.8 Å². The van der Waals surface area contributed by atoms with Crippen molar-refractivity contribution >= 4 is 21.6 Å². The van der Waals surface area contributed by atoms with E-state index in [-0.39, 0.29) is 17.2 Å². The molecule has 28 heavy (non-hydrogen) atoms. The Morgan fingerprint density at radius 2 is 1.82 bits per heavy atom. The molecule has 0 saturated carbocycles. The number of amides is 1. The van der Waals surface area contributed by atoms with Gasteiger partial charge in [-0.15, -0.1) is 0 Å². The predicted molar refractivity (Wildman–Crippen MR) is 108 cm³/mol. The summed E-state index contributed by atoms with van der Waals surface area (Å²) in [7, 11) is -2.20. The number of sulfonamides is 1. The molecule has 2 aromatic rings. The molecule has 0 fully saturated rings. The lowest BCUT2D eigenvalue weighted by molar-refractivity contribution is -0.118. The third kappa shape index (κ3) is 5.24. The van der Waals surface area contributed by atoms with Crippen molar-refractivity contribution in [1.82, 2.24) is 4.31 Å². The molecular weight excluding hydrogens is 380 g/mol. The van der Waals surface area contributed by atoms with E-state index >= 15 is 0 Å². The lowest BCUT2D eigenvalue weighted by Gasteiger charge is -2.19. The van der Waals surface area contributed by atoms with Crippen LogP contribution in [-0.4, -0.2) is 45.4 Å². The number of nitrogens with zero attached hydrogens (tertiary/aromatic N) is 1. The molecule has 0 unspecified atom stereocenters. The van der Waals surface area contributed by atoms with Gasteiger partial charge in [-0.05, 0) is 42.8 Å². The molecule has 0 atom stereocenters. The van der Waals surface area contributed by atoms with E-state index in [1.54, 1.807) is 19.9 Å². The average Bonchev–Trinajstić information content (AvgIpc) is 2.67. The van der Waals surface area contributed by atoms with E-state index in [4.69, 9.17) is 9.47 Å². The minimum absolute atomic E-state index is 0.0897. The fourth-order valence-electron chi connectivity index (χ4n) is 2.70. The smallest absolute Gasteiger partial charge is 0.262 e. The Balaban J connectivity index is 2.18. The minimum atomic E-state index is -3.65. The molecule has 0 aliphatic heterocycles. The number of aryl methyl sites for hydroxylation is 1. The van der Waals surface area contributed by atoms with E-state index < -0.39 is 15.9 Å². The average molecular weight is 407 g/mol. The van der Waals surface area contributed by atoms with Crippen LogP contribution in [0.3, 0.4) is 0 Å². The molecular formula is C20H26N2O5S. The zero-order chi connectivity index (χ0) is 20.7. The fourth-order valence-corrected chi connectivity index (χ4v) is 4.18. The lowest BCUT2D eigenvalue weighted by atomic mass is 10.2. The van der Waals surface area contributed by atoms with Crippen molar-refractivity contribution < 1.29 is 22.7 Å². The molecule has 0 spiro atoms. The highest BCUT2D eigenvalue weighted by Gasteiger charge is 2.23. The monoisotopic (exact) mass is 406 g/mol. The summed E-state index contributed by atoms with van der Waals surface area (Å²) >= 11 is 0. The second-order valence-corrected chi connectivity index (χ2v) is 8.04. The molecule has 0 aliphatic carbocycles. The Hall–Kier alpha value is -2.58. The number of carbonyl (C=O) groups excluding carboxylic acids is 1. The molecule has 0 aliphatic rings. The van der Waals surface area contributed by atoms with E-state index in [9.17, 15) is 13.2 Å². The molecule has 1 N–H and O–H groups in total. The number of hydrogen-bond donors (Lipinski definition) is 1. The first-order valence-electron chi connectivity index (χ1n) is 8.99. The van der Waals surface area contributed by atoms with Crippen LogP contribution >= 0.6 is 0 Å². The quantitative estimate of drug-likeness (QED) is 0.692. The standard InChI is InChI=1S/C20H26N2O5S/c1-5-22(6-2)28(24,25)17-10-11-19(26-4)18(13-17)21-20(23)14-27-16-9-7-8-15(3)12-16/h7-13H,5-6,14H2,1-4H3,(H,21,23). The van der Waals surface area contributed by atoms with Crippen LogP contribution in [0.1, 0.15) is 19.4 Å². The molecule has 0 bridgehead atoms. The maximum Gasteiger partial charge on any atom is 0.262 e. The van der Waals surface area contributed by atoms with Crippen molar-refractivity contribution in [2.75, 3.05) is 32.1 Å². The fraction of sp³-hybridized carbons (Fsp3) is 0.350. The molecule has 152 valence electrons. The highest BCUT2D eigenvalue weighted by molar-refractivity contribution is 7.89. The Kier molecular flexibility index (Phi) is 7.42. The van der Waals surface area contributed by atoms with Crippen LogP contribution in [-0.2, 0) is 14.8 Å². The van der Waals surface area contributed by atoms with Crippen LogP contribution in [0.15, 0.2) is 47.4 Å². The van der Waals surface area contributed by atoms with Crippen LogP contribution in [0.2, 0.25) is 0 Å². The predicted octanol–water partition coefficient (Wildman–Crippen LogP) is 3.05. The summed E-state index contributed by atoms with van der Waals surface area (Å²) < 4.78 is 37.5. The summed E-state index contributed by atoms with van der Waals surface area (Å²) in [5, 5.41) is 2.66. The van der Waals surface area contributed by atoms with E-state index in [0.717, 1.165) is 5.56 Å². The molecule has 1 amide bonds. The molecule has 0 radical (unpaired) electrons. The second-order valence-electron chi connectivity index (χ2n) is 6.10. The van der Waals surface area contributed by atoms with Gasteiger partial charge in [0.05, 0.1) is 17.7 Å². The molecule has 0 saturated heterocycles. The van der Waals surface area contributed by atoms with Gasteiger partial charge in [0.2, 0.25) is 10.0 Å². The van der Waals surface area contributed by atoms with Crippen molar-refractivity contribution in [2.45, 2.75) is 25.7 Å². The Labute approximate surface area is 166 Å². The number of carbonyl (C=O) groups is 1. The van der Waals surface area contributed by atoms with Gasteiger partial charge >= 0.3 is 0 Å². The molecule has 0 aromatic heterocycles. The third-order valence-corrected chi connectivity index (χ3v) is 6.19. The Bertz CT molecular complexity index is 924. The van der Waals surface area contributed by atoms with Gasteiger partial charge in [0.25, 0.3) is 5.91 Å². The minimum Gasteiger partial charge on any atom is -0.495 e. The Morgan fingerprint density at radius 1 is 1.11 bits per heavy atom. The molecule has 8 heteroatoms. The third-order valence-electron chi connectivity index (χ3n) is 4.15. The number of rotatable bonds is 9. The van der Waals surface area contributed by atoms with Gasteiger partial charge < -0.3 is 14.8 Å². The number of anilines is 1. The highest BCUT2D eigenvalue weighted by atomic mass is 32.2. The van der Waals surface area contributed by atoms with Gasteiger partial charge in [-0.2, -0.15) is 4.31 Å². The zero-order valence-electron chi connectivity index (χ0n) is 16.6. The summed E-state index contributed by atoms with van der Waals surface area (Å²) in [6.45, 7) is 5.98. The van der Waals surface area contributed by atoms with Crippen molar-refractivity contribution in [3.05, 3.63) is 48.0 Å². The number of ether oxygens (including phenoxy) is 2. The van der Waals surface area contributed by atoms with E-state index in [1.165, 1.54) is 29.6 Å². The summed E-state index contributed by atoms with van der Waals surface area (Å²) in [6, 6.07) is 11.7. The van der Waals surface area contributed by atoms with Gasteiger partial charge in [0.1, 0.15) is 11.5 Å². The van der Waals surface area contributed by atoms with E-state index in [0.29, 0.717) is 24.6 Å². The number of benzene rings is 2. The van der Waals surface area contributed by atoms with Gasteiger partial charge in [-0.3, -0.25) is 4.79 Å². The lowest BCUT2D eigenvalue weighted by Crippen LogP contribution is -2.30. The maximum absolute atomic E-state index is 12.7. The first-order valence-corrected chi connectivity index (χ1v) is 10.4. The van der Waals surface area contributed by atoms with Crippen molar-refractivity contribution in [3.8, 4) is 11.5 Å².